The minimum Gasteiger partial charge on any atom is -0.445 e. The van der Waals surface area contributed by atoms with Gasteiger partial charge < -0.3 is 9.64 Å². The Hall–Kier alpha value is -2.02. The molecule has 2 unspecified atom stereocenters. The predicted octanol–water partition coefficient (Wildman–Crippen LogP) is 2.56. The smallest absolute Gasteiger partial charge is 0.410 e. The number of benzene rings is 1. The van der Waals surface area contributed by atoms with Crippen LogP contribution in [-0.4, -0.2) is 24.1 Å². The van der Waals surface area contributed by atoms with Crippen molar-refractivity contribution < 1.29 is 9.53 Å². The highest BCUT2D eigenvalue weighted by molar-refractivity contribution is 5.68. The number of fused-ring (bicyclic) bond motifs is 1. The molecule has 2 atom stereocenters. The molecule has 19 heavy (non-hydrogen) atoms. The largest absolute Gasteiger partial charge is 0.445 e. The standard InChI is InChI=1S/C15H16N2O2/c16-11-15-6-7-17(9-13(15)8-15)14(18)19-10-12-4-2-1-3-5-12/h1-5,13H,6-10H2. The van der Waals surface area contributed by atoms with Crippen molar-refractivity contribution in [2.45, 2.75) is 19.4 Å². The van der Waals surface area contributed by atoms with Gasteiger partial charge in [-0.3, -0.25) is 0 Å². The SMILES string of the molecule is N#CC12CCN(C(=O)OCc3ccccc3)CC1C2. The Balaban J connectivity index is 1.51. The molecule has 0 spiro atoms. The summed E-state index contributed by atoms with van der Waals surface area (Å²) in [5.41, 5.74) is 0.863. The number of nitriles is 1. The second-order valence-corrected chi connectivity index (χ2v) is 5.41. The molecule has 1 heterocycles. The summed E-state index contributed by atoms with van der Waals surface area (Å²) in [4.78, 5) is 13.7. The van der Waals surface area contributed by atoms with Crippen LogP contribution >= 0.6 is 0 Å². The highest BCUT2D eigenvalue weighted by atomic mass is 16.6. The zero-order chi connectivity index (χ0) is 13.3. The first-order valence-corrected chi connectivity index (χ1v) is 6.60. The number of hydrogen-bond donors (Lipinski definition) is 0. The van der Waals surface area contributed by atoms with Crippen LogP contribution in [-0.2, 0) is 11.3 Å². The minimum atomic E-state index is -0.262. The van der Waals surface area contributed by atoms with E-state index in [2.05, 4.69) is 6.07 Å². The number of carbonyl (C=O) groups is 1. The molecule has 1 aromatic rings. The van der Waals surface area contributed by atoms with Gasteiger partial charge in [-0.25, -0.2) is 4.79 Å². The first-order chi connectivity index (χ1) is 9.23. The number of likely N-dealkylation sites (tertiary alicyclic amines) is 1. The van der Waals surface area contributed by atoms with Crippen molar-refractivity contribution in [1.82, 2.24) is 4.90 Å². The molecule has 3 rings (SSSR count). The maximum Gasteiger partial charge on any atom is 0.410 e. The van der Waals surface area contributed by atoms with E-state index in [1.165, 1.54) is 0 Å². The van der Waals surface area contributed by atoms with Crippen LogP contribution in [0.3, 0.4) is 0 Å². The van der Waals surface area contributed by atoms with E-state index in [1.54, 1.807) is 4.90 Å². The molecule has 0 bridgehead atoms. The number of hydrogen-bond acceptors (Lipinski definition) is 3. The van der Waals surface area contributed by atoms with Gasteiger partial charge in [0.05, 0.1) is 11.5 Å². The van der Waals surface area contributed by atoms with Gasteiger partial charge in [0.2, 0.25) is 0 Å². The Morgan fingerprint density at radius 1 is 1.47 bits per heavy atom. The lowest BCUT2D eigenvalue weighted by molar-refractivity contribution is 0.0847. The lowest BCUT2D eigenvalue weighted by Gasteiger charge is -2.27. The number of piperidine rings is 1. The van der Waals surface area contributed by atoms with Gasteiger partial charge in [0.15, 0.2) is 0 Å². The van der Waals surface area contributed by atoms with Crippen molar-refractivity contribution in [3.63, 3.8) is 0 Å². The lowest BCUT2D eigenvalue weighted by atomic mass is 9.97. The van der Waals surface area contributed by atoms with Gasteiger partial charge in [0.1, 0.15) is 6.61 Å². The molecule has 98 valence electrons. The Bertz CT molecular complexity index is 523. The maximum absolute atomic E-state index is 11.9. The van der Waals surface area contributed by atoms with Crippen LogP contribution in [0.25, 0.3) is 0 Å². The Kier molecular flexibility index (Phi) is 2.90. The first kappa shape index (κ1) is 12.0. The van der Waals surface area contributed by atoms with Gasteiger partial charge >= 0.3 is 6.09 Å². The zero-order valence-electron chi connectivity index (χ0n) is 10.7. The van der Waals surface area contributed by atoms with E-state index < -0.39 is 0 Å². The van der Waals surface area contributed by atoms with Gasteiger partial charge in [-0.15, -0.1) is 0 Å². The second kappa shape index (κ2) is 4.58. The van der Waals surface area contributed by atoms with E-state index in [-0.39, 0.29) is 11.5 Å². The first-order valence-electron chi connectivity index (χ1n) is 6.60. The van der Waals surface area contributed by atoms with Crippen LogP contribution in [0.4, 0.5) is 4.79 Å². The third kappa shape index (κ3) is 2.28. The molecule has 0 aromatic heterocycles. The Morgan fingerprint density at radius 3 is 2.95 bits per heavy atom. The summed E-state index contributed by atoms with van der Waals surface area (Å²) >= 11 is 0. The Labute approximate surface area is 112 Å². The molecular formula is C15H16N2O2. The number of nitrogens with zero attached hydrogens (tertiary/aromatic N) is 2. The Morgan fingerprint density at radius 2 is 2.26 bits per heavy atom. The molecule has 2 aliphatic rings. The molecule has 2 fully saturated rings. The fraction of sp³-hybridized carbons (Fsp3) is 0.467. The molecule has 1 amide bonds. The van der Waals surface area contributed by atoms with Crippen LogP contribution in [0.2, 0.25) is 0 Å². The highest BCUT2D eigenvalue weighted by Crippen LogP contribution is 2.57. The molecule has 1 aliphatic carbocycles. The maximum atomic E-state index is 11.9. The van der Waals surface area contributed by atoms with Crippen molar-refractivity contribution in [3.8, 4) is 6.07 Å². The van der Waals surface area contributed by atoms with E-state index in [9.17, 15) is 4.79 Å². The van der Waals surface area contributed by atoms with Crippen molar-refractivity contribution >= 4 is 6.09 Å². The van der Waals surface area contributed by atoms with E-state index in [1.807, 2.05) is 30.3 Å². The van der Waals surface area contributed by atoms with Gasteiger partial charge in [-0.05, 0) is 24.3 Å². The summed E-state index contributed by atoms with van der Waals surface area (Å²) < 4.78 is 5.31. The van der Waals surface area contributed by atoms with E-state index in [0.717, 1.165) is 18.4 Å². The van der Waals surface area contributed by atoms with E-state index in [4.69, 9.17) is 10.00 Å². The van der Waals surface area contributed by atoms with Crippen LogP contribution in [0.1, 0.15) is 18.4 Å². The van der Waals surface area contributed by atoms with Gasteiger partial charge in [0.25, 0.3) is 0 Å². The predicted molar refractivity (Wildman–Crippen MR) is 69.0 cm³/mol. The summed E-state index contributed by atoms with van der Waals surface area (Å²) in [7, 11) is 0. The van der Waals surface area contributed by atoms with Gasteiger partial charge in [0, 0.05) is 13.1 Å². The minimum absolute atomic E-state index is 0.129. The molecule has 1 saturated carbocycles. The summed E-state index contributed by atoms with van der Waals surface area (Å²) in [5, 5.41) is 9.08. The molecule has 1 saturated heterocycles. The summed E-state index contributed by atoms with van der Waals surface area (Å²) in [5.74, 6) is 0.357. The molecule has 1 aliphatic heterocycles. The van der Waals surface area contributed by atoms with Crippen molar-refractivity contribution in [2.24, 2.45) is 11.3 Å². The summed E-state index contributed by atoms with van der Waals surface area (Å²) in [6.45, 7) is 1.61. The topological polar surface area (TPSA) is 53.3 Å². The third-order valence-corrected chi connectivity index (χ3v) is 4.19. The third-order valence-electron chi connectivity index (χ3n) is 4.19. The van der Waals surface area contributed by atoms with Crippen molar-refractivity contribution in [1.29, 1.82) is 5.26 Å². The van der Waals surface area contributed by atoms with Gasteiger partial charge in [-0.1, -0.05) is 30.3 Å². The average molecular weight is 256 g/mol. The monoisotopic (exact) mass is 256 g/mol. The molecular weight excluding hydrogens is 240 g/mol. The molecule has 0 radical (unpaired) electrons. The molecule has 1 aromatic carbocycles. The quantitative estimate of drug-likeness (QED) is 0.817. The number of rotatable bonds is 2. The number of amides is 1. The lowest BCUT2D eigenvalue weighted by Crippen LogP contribution is -2.39. The highest BCUT2D eigenvalue weighted by Gasteiger charge is 2.58. The van der Waals surface area contributed by atoms with Crippen LogP contribution in [0.15, 0.2) is 30.3 Å². The molecule has 0 N–H and O–H groups in total. The number of ether oxygens (including phenoxy) is 1. The molecule has 4 nitrogen and oxygen atoms in total. The van der Waals surface area contributed by atoms with Crippen LogP contribution in [0.5, 0.6) is 0 Å². The fourth-order valence-corrected chi connectivity index (χ4v) is 2.79. The van der Waals surface area contributed by atoms with Crippen LogP contribution in [0, 0.1) is 22.7 Å². The van der Waals surface area contributed by atoms with Gasteiger partial charge in [-0.2, -0.15) is 5.26 Å². The summed E-state index contributed by atoms with van der Waals surface area (Å²) in [6.07, 6.45) is 1.46. The van der Waals surface area contributed by atoms with Crippen molar-refractivity contribution in [3.05, 3.63) is 35.9 Å². The molecule has 4 heteroatoms. The van der Waals surface area contributed by atoms with Crippen LogP contribution < -0.4 is 0 Å². The fourth-order valence-electron chi connectivity index (χ4n) is 2.79. The van der Waals surface area contributed by atoms with Crippen molar-refractivity contribution in [2.75, 3.05) is 13.1 Å². The zero-order valence-corrected chi connectivity index (χ0v) is 10.7. The number of carbonyl (C=O) groups excluding carboxylic acids is 1. The normalized spacial score (nSPS) is 28.2. The van der Waals surface area contributed by atoms with E-state index >= 15 is 0 Å². The average Bonchev–Trinajstić information content (AvgIpc) is 3.20. The second-order valence-electron chi connectivity index (χ2n) is 5.41. The van der Waals surface area contributed by atoms with E-state index in [0.29, 0.717) is 25.6 Å². The summed E-state index contributed by atoms with van der Waals surface area (Å²) in [6, 6.07) is 12.1.